The fourth-order valence-electron chi connectivity index (χ4n) is 1.87. The van der Waals surface area contributed by atoms with Gasteiger partial charge in [0.15, 0.2) is 0 Å². The van der Waals surface area contributed by atoms with E-state index < -0.39 is 10.9 Å². The Morgan fingerprint density at radius 3 is 2.26 bits per heavy atom. The molecule has 0 fully saturated rings. The van der Waals surface area contributed by atoms with Crippen molar-refractivity contribution in [3.63, 3.8) is 0 Å². The molecule has 96 valence electrons. The first kappa shape index (κ1) is 12.8. The van der Waals surface area contributed by atoms with Crippen molar-refractivity contribution in [1.82, 2.24) is 0 Å². The maximum Gasteiger partial charge on any atom is 0.338 e. The zero-order valence-corrected chi connectivity index (χ0v) is 10.2. The Kier molecular flexibility index (Phi) is 3.56. The third-order valence-electron chi connectivity index (χ3n) is 2.72. The van der Waals surface area contributed by atoms with Crippen LogP contribution in [0.15, 0.2) is 48.5 Å². The van der Waals surface area contributed by atoms with Gasteiger partial charge in [-0.3, -0.25) is 10.1 Å². The van der Waals surface area contributed by atoms with Gasteiger partial charge in [-0.25, -0.2) is 4.79 Å². The minimum atomic E-state index is -0.520. The number of hydrogen-bond donors (Lipinski definition) is 0. The lowest BCUT2D eigenvalue weighted by atomic mass is 9.98. The van der Waals surface area contributed by atoms with Gasteiger partial charge in [0.1, 0.15) is 0 Å². The first-order chi connectivity index (χ1) is 9.15. The molecule has 2 aromatic carbocycles. The van der Waals surface area contributed by atoms with Gasteiger partial charge >= 0.3 is 5.97 Å². The largest absolute Gasteiger partial charge is 0.465 e. The molecule has 0 aliphatic carbocycles. The number of esters is 1. The molecule has 0 radical (unpaired) electrons. The van der Waals surface area contributed by atoms with E-state index in [4.69, 9.17) is 0 Å². The lowest BCUT2D eigenvalue weighted by molar-refractivity contribution is -0.384. The molecule has 0 atom stereocenters. The van der Waals surface area contributed by atoms with Gasteiger partial charge in [0.25, 0.3) is 5.69 Å². The van der Waals surface area contributed by atoms with Gasteiger partial charge in [-0.15, -0.1) is 0 Å². The smallest absolute Gasteiger partial charge is 0.338 e. The average Bonchev–Trinajstić information content (AvgIpc) is 2.46. The van der Waals surface area contributed by atoms with E-state index in [2.05, 4.69) is 4.74 Å². The number of hydrogen-bond acceptors (Lipinski definition) is 4. The summed E-state index contributed by atoms with van der Waals surface area (Å²) in [6.45, 7) is 0. The molecule has 0 bridgehead atoms. The average molecular weight is 257 g/mol. The number of carbonyl (C=O) groups is 1. The molecule has 0 saturated heterocycles. The van der Waals surface area contributed by atoms with Crippen LogP contribution in [0.4, 0.5) is 5.69 Å². The zero-order chi connectivity index (χ0) is 13.8. The summed E-state index contributed by atoms with van der Waals surface area (Å²) < 4.78 is 4.69. The lowest BCUT2D eigenvalue weighted by Gasteiger charge is -2.08. The van der Waals surface area contributed by atoms with Crippen LogP contribution in [0.25, 0.3) is 11.1 Å². The summed E-state index contributed by atoms with van der Waals surface area (Å²) in [5.74, 6) is -0.520. The van der Waals surface area contributed by atoms with Gasteiger partial charge in [-0.1, -0.05) is 30.3 Å². The topological polar surface area (TPSA) is 69.4 Å². The predicted octanol–water partition coefficient (Wildman–Crippen LogP) is 3.05. The molecule has 0 aliphatic heterocycles. The van der Waals surface area contributed by atoms with Crippen molar-refractivity contribution < 1.29 is 14.5 Å². The van der Waals surface area contributed by atoms with Gasteiger partial charge in [0, 0.05) is 11.6 Å². The van der Waals surface area contributed by atoms with Crippen LogP contribution in [-0.2, 0) is 4.74 Å². The molecular formula is C14H11NO4. The number of benzene rings is 2. The summed E-state index contributed by atoms with van der Waals surface area (Å²) in [4.78, 5) is 22.3. The van der Waals surface area contributed by atoms with Gasteiger partial charge in [-0.05, 0) is 12.1 Å². The van der Waals surface area contributed by atoms with E-state index >= 15 is 0 Å². The highest BCUT2D eigenvalue weighted by atomic mass is 16.6. The molecular weight excluding hydrogens is 246 g/mol. The molecule has 0 aromatic heterocycles. The summed E-state index contributed by atoms with van der Waals surface area (Å²) in [7, 11) is 1.28. The number of para-hydroxylation sites is 1. The highest BCUT2D eigenvalue weighted by Gasteiger charge is 2.19. The molecule has 0 spiro atoms. The van der Waals surface area contributed by atoms with E-state index in [1.165, 1.54) is 13.2 Å². The van der Waals surface area contributed by atoms with E-state index in [9.17, 15) is 14.9 Å². The molecule has 0 N–H and O–H groups in total. The third kappa shape index (κ3) is 2.44. The second-order valence-electron chi connectivity index (χ2n) is 3.81. The Labute approximate surface area is 109 Å². The SMILES string of the molecule is COC(=O)c1ccccc1-c1ccccc1[N+](=O)[O-]. The minimum absolute atomic E-state index is 0.0427. The summed E-state index contributed by atoms with van der Waals surface area (Å²) >= 11 is 0. The molecule has 19 heavy (non-hydrogen) atoms. The molecule has 0 heterocycles. The van der Waals surface area contributed by atoms with Crippen molar-refractivity contribution >= 4 is 11.7 Å². The first-order valence-corrected chi connectivity index (χ1v) is 5.56. The van der Waals surface area contributed by atoms with Crippen LogP contribution in [0, 0.1) is 10.1 Å². The van der Waals surface area contributed by atoms with Crippen molar-refractivity contribution in [1.29, 1.82) is 0 Å². The molecule has 0 unspecified atom stereocenters. The van der Waals surface area contributed by atoms with Crippen molar-refractivity contribution in [3.8, 4) is 11.1 Å². The quantitative estimate of drug-likeness (QED) is 0.481. The molecule has 0 aliphatic rings. The standard InChI is InChI=1S/C14H11NO4/c1-19-14(16)12-8-3-2-6-10(12)11-7-4-5-9-13(11)15(17)18/h2-9H,1H3. The van der Waals surface area contributed by atoms with E-state index in [-0.39, 0.29) is 5.69 Å². The van der Waals surface area contributed by atoms with Crippen LogP contribution in [0.5, 0.6) is 0 Å². The summed E-state index contributed by atoms with van der Waals surface area (Å²) in [6, 6.07) is 12.9. The fourth-order valence-corrected chi connectivity index (χ4v) is 1.87. The van der Waals surface area contributed by atoms with Crippen LogP contribution < -0.4 is 0 Å². The third-order valence-corrected chi connectivity index (χ3v) is 2.72. The van der Waals surface area contributed by atoms with Crippen LogP contribution in [0.2, 0.25) is 0 Å². The highest BCUT2D eigenvalue weighted by Crippen LogP contribution is 2.32. The first-order valence-electron chi connectivity index (χ1n) is 5.56. The van der Waals surface area contributed by atoms with Crippen molar-refractivity contribution in [2.24, 2.45) is 0 Å². The monoisotopic (exact) mass is 257 g/mol. The fraction of sp³-hybridized carbons (Fsp3) is 0.0714. The highest BCUT2D eigenvalue weighted by molar-refractivity contribution is 5.98. The Morgan fingerprint density at radius 1 is 1.05 bits per heavy atom. The van der Waals surface area contributed by atoms with Crippen LogP contribution in [0.3, 0.4) is 0 Å². The van der Waals surface area contributed by atoms with Gasteiger partial charge in [0.2, 0.25) is 0 Å². The molecule has 5 heteroatoms. The molecule has 2 rings (SSSR count). The Hall–Kier alpha value is -2.69. The van der Waals surface area contributed by atoms with Crippen molar-refractivity contribution in [3.05, 3.63) is 64.2 Å². The summed E-state index contributed by atoms with van der Waals surface area (Å²) in [5, 5.41) is 11.0. The van der Waals surface area contributed by atoms with Crippen molar-refractivity contribution in [2.45, 2.75) is 0 Å². The Morgan fingerprint density at radius 2 is 1.63 bits per heavy atom. The predicted molar refractivity (Wildman–Crippen MR) is 69.9 cm³/mol. The number of nitro benzene ring substituents is 1. The van der Waals surface area contributed by atoms with Gasteiger partial charge < -0.3 is 4.74 Å². The number of nitro groups is 1. The second-order valence-corrected chi connectivity index (χ2v) is 3.81. The van der Waals surface area contributed by atoms with Gasteiger partial charge in [0.05, 0.1) is 23.2 Å². The van der Waals surface area contributed by atoms with E-state index in [0.29, 0.717) is 16.7 Å². The number of ether oxygens (including phenoxy) is 1. The van der Waals surface area contributed by atoms with Crippen LogP contribution in [0.1, 0.15) is 10.4 Å². The number of carbonyl (C=O) groups excluding carboxylic acids is 1. The van der Waals surface area contributed by atoms with E-state index in [0.717, 1.165) is 0 Å². The normalized spacial score (nSPS) is 9.95. The minimum Gasteiger partial charge on any atom is -0.465 e. The van der Waals surface area contributed by atoms with E-state index in [1.807, 2.05) is 0 Å². The zero-order valence-electron chi connectivity index (χ0n) is 10.2. The maximum atomic E-state index is 11.7. The number of methoxy groups -OCH3 is 1. The van der Waals surface area contributed by atoms with Crippen LogP contribution in [-0.4, -0.2) is 18.0 Å². The summed E-state index contributed by atoms with van der Waals surface area (Å²) in [6.07, 6.45) is 0. The van der Waals surface area contributed by atoms with Crippen LogP contribution >= 0.6 is 0 Å². The molecule has 0 saturated carbocycles. The number of nitrogens with zero attached hydrogens (tertiary/aromatic N) is 1. The second kappa shape index (κ2) is 5.30. The van der Waals surface area contributed by atoms with E-state index in [1.54, 1.807) is 42.5 Å². The Bertz CT molecular complexity index is 637. The summed E-state index contributed by atoms with van der Waals surface area (Å²) in [5.41, 5.74) is 1.15. The molecule has 5 nitrogen and oxygen atoms in total. The van der Waals surface area contributed by atoms with Crippen molar-refractivity contribution in [2.75, 3.05) is 7.11 Å². The Balaban J connectivity index is 2.66. The van der Waals surface area contributed by atoms with Gasteiger partial charge in [-0.2, -0.15) is 0 Å². The molecule has 2 aromatic rings. The molecule has 0 amide bonds. The number of rotatable bonds is 3. The maximum absolute atomic E-state index is 11.7. The lowest BCUT2D eigenvalue weighted by Crippen LogP contribution is -2.04.